The quantitative estimate of drug-likeness (QED) is 0.285. The second kappa shape index (κ2) is 7.30. The van der Waals surface area contributed by atoms with Crippen LogP contribution in [-0.2, 0) is 0 Å². The minimum atomic E-state index is 1.19. The summed E-state index contributed by atoms with van der Waals surface area (Å²) in [6.07, 6.45) is 0. The maximum absolute atomic E-state index is 2.37. The lowest BCUT2D eigenvalue weighted by Gasteiger charge is -2.09. The third kappa shape index (κ3) is 2.94. The van der Waals surface area contributed by atoms with Crippen LogP contribution in [0.25, 0.3) is 49.7 Å². The van der Waals surface area contributed by atoms with Gasteiger partial charge in [-0.1, -0.05) is 103 Å². The fraction of sp³-hybridized carbons (Fsp3) is 0. The normalized spacial score (nSPS) is 11.2. The van der Waals surface area contributed by atoms with E-state index in [0.717, 1.165) is 0 Å². The third-order valence-corrected chi connectivity index (χ3v) is 6.02. The molecule has 1 aromatic heterocycles. The number of hydrogen-bond donors (Lipinski definition) is 0. The molecule has 0 amide bonds. The van der Waals surface area contributed by atoms with Gasteiger partial charge >= 0.3 is 0 Å². The zero-order chi connectivity index (χ0) is 20.6. The van der Waals surface area contributed by atoms with Crippen LogP contribution in [0.15, 0.2) is 127 Å². The first-order chi connectivity index (χ1) is 15.4. The predicted molar refractivity (Wildman–Crippen MR) is 132 cm³/mol. The van der Waals surface area contributed by atoms with Crippen molar-refractivity contribution in [3.63, 3.8) is 0 Å². The summed E-state index contributed by atoms with van der Waals surface area (Å²) in [6, 6.07) is 45.4. The fourth-order valence-electron chi connectivity index (χ4n) is 4.59. The van der Waals surface area contributed by atoms with Crippen LogP contribution in [0.2, 0.25) is 0 Å². The number of hydrogen-bond acceptors (Lipinski definition) is 0. The van der Waals surface area contributed by atoms with Crippen LogP contribution >= 0.6 is 0 Å². The first kappa shape index (κ1) is 17.7. The zero-order valence-electron chi connectivity index (χ0n) is 17.1. The Bertz CT molecular complexity index is 1490. The molecular formula is C30H21N. The van der Waals surface area contributed by atoms with E-state index >= 15 is 0 Å². The molecule has 0 saturated heterocycles. The van der Waals surface area contributed by atoms with Gasteiger partial charge in [0, 0.05) is 16.5 Å². The van der Waals surface area contributed by atoms with E-state index in [4.69, 9.17) is 0 Å². The minimum Gasteiger partial charge on any atom is -0.309 e. The van der Waals surface area contributed by atoms with E-state index in [2.05, 4.69) is 132 Å². The van der Waals surface area contributed by atoms with Crippen LogP contribution in [0, 0.1) is 0 Å². The van der Waals surface area contributed by atoms with Crippen molar-refractivity contribution in [2.24, 2.45) is 0 Å². The molecule has 1 nitrogen and oxygen atoms in total. The summed E-state index contributed by atoms with van der Waals surface area (Å²) in [5.74, 6) is 0. The number of aromatic nitrogens is 1. The minimum absolute atomic E-state index is 1.19. The van der Waals surface area contributed by atoms with Gasteiger partial charge in [0.1, 0.15) is 0 Å². The summed E-state index contributed by atoms with van der Waals surface area (Å²) in [4.78, 5) is 0. The van der Waals surface area contributed by atoms with Crippen molar-refractivity contribution in [2.75, 3.05) is 0 Å². The van der Waals surface area contributed by atoms with Crippen molar-refractivity contribution in [3.8, 4) is 27.9 Å². The number of benzene rings is 5. The lowest BCUT2D eigenvalue weighted by Crippen LogP contribution is -1.92. The van der Waals surface area contributed by atoms with E-state index in [0.29, 0.717) is 0 Å². The number of para-hydroxylation sites is 2. The molecule has 0 atom stereocenters. The van der Waals surface area contributed by atoms with Crippen LogP contribution in [0.1, 0.15) is 0 Å². The van der Waals surface area contributed by atoms with Gasteiger partial charge in [-0.2, -0.15) is 0 Å². The van der Waals surface area contributed by atoms with Gasteiger partial charge in [-0.05, 0) is 46.5 Å². The van der Waals surface area contributed by atoms with E-state index < -0.39 is 0 Å². The van der Waals surface area contributed by atoms with Crippen molar-refractivity contribution in [3.05, 3.63) is 127 Å². The van der Waals surface area contributed by atoms with Crippen LogP contribution in [0.5, 0.6) is 0 Å². The van der Waals surface area contributed by atoms with Crippen molar-refractivity contribution < 1.29 is 0 Å². The Hall–Kier alpha value is -4.10. The van der Waals surface area contributed by atoms with E-state index in [9.17, 15) is 0 Å². The summed E-state index contributed by atoms with van der Waals surface area (Å²) in [7, 11) is 0. The number of fused-ring (bicyclic) bond motifs is 3. The van der Waals surface area contributed by atoms with Crippen molar-refractivity contribution in [1.29, 1.82) is 0 Å². The van der Waals surface area contributed by atoms with E-state index in [-0.39, 0.29) is 0 Å². The van der Waals surface area contributed by atoms with Crippen molar-refractivity contribution in [2.45, 2.75) is 0 Å². The van der Waals surface area contributed by atoms with Gasteiger partial charge in [0.25, 0.3) is 0 Å². The molecule has 6 rings (SSSR count). The van der Waals surface area contributed by atoms with Gasteiger partial charge in [0.05, 0.1) is 11.0 Å². The highest BCUT2D eigenvalue weighted by atomic mass is 15.0. The summed E-state index contributed by atoms with van der Waals surface area (Å²) in [5.41, 5.74) is 8.64. The van der Waals surface area contributed by atoms with Crippen molar-refractivity contribution >= 4 is 21.8 Å². The highest BCUT2D eigenvalue weighted by Gasteiger charge is 2.15. The van der Waals surface area contributed by atoms with E-state index in [1.165, 1.54) is 49.7 Å². The molecule has 0 aliphatic carbocycles. The Morgan fingerprint density at radius 3 is 1.74 bits per heavy atom. The molecule has 0 N–H and O–H groups in total. The van der Waals surface area contributed by atoms with Gasteiger partial charge in [-0.3, -0.25) is 0 Å². The van der Waals surface area contributed by atoms with Crippen LogP contribution < -0.4 is 0 Å². The molecule has 146 valence electrons. The molecule has 0 bridgehead atoms. The van der Waals surface area contributed by atoms with Gasteiger partial charge in [0.2, 0.25) is 0 Å². The topological polar surface area (TPSA) is 4.93 Å². The standard InChI is InChI=1S/C30H21N/c1-3-10-22(11-4-1)23-18-20-24(21-19-23)26-15-9-17-29-30(26)27-14-7-8-16-28(27)31(29)25-12-5-2-6-13-25/h1-21H. The molecule has 1 heterocycles. The highest BCUT2D eigenvalue weighted by Crippen LogP contribution is 2.38. The van der Waals surface area contributed by atoms with Gasteiger partial charge in [0.15, 0.2) is 0 Å². The number of rotatable bonds is 3. The summed E-state index contributed by atoms with van der Waals surface area (Å²) in [5, 5.41) is 2.58. The molecule has 0 aliphatic rings. The van der Waals surface area contributed by atoms with Gasteiger partial charge in [-0.25, -0.2) is 0 Å². The van der Waals surface area contributed by atoms with Gasteiger partial charge < -0.3 is 4.57 Å². The Kier molecular flexibility index (Phi) is 4.18. The summed E-state index contributed by atoms with van der Waals surface area (Å²) >= 11 is 0. The van der Waals surface area contributed by atoms with Gasteiger partial charge in [-0.15, -0.1) is 0 Å². The molecule has 0 radical (unpaired) electrons. The first-order valence-corrected chi connectivity index (χ1v) is 10.6. The highest BCUT2D eigenvalue weighted by molar-refractivity contribution is 6.15. The second-order valence-corrected chi connectivity index (χ2v) is 7.83. The Balaban J connectivity index is 1.59. The van der Waals surface area contributed by atoms with Crippen LogP contribution in [0.4, 0.5) is 0 Å². The molecular weight excluding hydrogens is 374 g/mol. The SMILES string of the molecule is c1ccc(-c2ccc(-c3cccc4c3c3ccccc3n4-c3ccccc3)cc2)cc1. The lowest BCUT2D eigenvalue weighted by atomic mass is 9.97. The first-order valence-electron chi connectivity index (χ1n) is 10.6. The molecule has 31 heavy (non-hydrogen) atoms. The molecule has 0 spiro atoms. The predicted octanol–water partition coefficient (Wildman–Crippen LogP) is 8.12. The molecule has 0 unspecified atom stereocenters. The molecule has 0 fully saturated rings. The summed E-state index contributed by atoms with van der Waals surface area (Å²) < 4.78 is 2.37. The molecule has 1 heteroatoms. The van der Waals surface area contributed by atoms with Crippen molar-refractivity contribution in [1.82, 2.24) is 4.57 Å². The largest absolute Gasteiger partial charge is 0.309 e. The second-order valence-electron chi connectivity index (χ2n) is 7.83. The molecule has 0 saturated carbocycles. The van der Waals surface area contributed by atoms with E-state index in [1.807, 2.05) is 0 Å². The Morgan fingerprint density at radius 2 is 0.968 bits per heavy atom. The number of nitrogens with zero attached hydrogens (tertiary/aromatic N) is 1. The molecule has 5 aromatic carbocycles. The van der Waals surface area contributed by atoms with Crippen LogP contribution in [-0.4, -0.2) is 4.57 Å². The van der Waals surface area contributed by atoms with Crippen LogP contribution in [0.3, 0.4) is 0 Å². The molecule has 6 aromatic rings. The average molecular weight is 396 g/mol. The third-order valence-electron chi connectivity index (χ3n) is 6.02. The van der Waals surface area contributed by atoms with E-state index in [1.54, 1.807) is 0 Å². The fourth-order valence-corrected chi connectivity index (χ4v) is 4.59. The maximum Gasteiger partial charge on any atom is 0.0547 e. The zero-order valence-corrected chi connectivity index (χ0v) is 17.1. The maximum atomic E-state index is 2.37. The lowest BCUT2D eigenvalue weighted by molar-refractivity contribution is 1.18. The molecule has 0 aliphatic heterocycles. The summed E-state index contributed by atoms with van der Waals surface area (Å²) in [6.45, 7) is 0. The smallest absolute Gasteiger partial charge is 0.0547 e. The monoisotopic (exact) mass is 395 g/mol. The average Bonchev–Trinajstić information content (AvgIpc) is 3.20. The Labute approximate surface area is 181 Å². The Morgan fingerprint density at radius 1 is 0.387 bits per heavy atom.